The molecule has 1 saturated heterocycles. The summed E-state index contributed by atoms with van der Waals surface area (Å²) in [5.74, 6) is 2.57. The Morgan fingerprint density at radius 2 is 2.29 bits per heavy atom. The van der Waals surface area contributed by atoms with E-state index < -0.39 is 0 Å². The van der Waals surface area contributed by atoms with Crippen LogP contribution >= 0.6 is 0 Å². The van der Waals surface area contributed by atoms with Gasteiger partial charge in [0.05, 0.1) is 11.6 Å². The lowest BCUT2D eigenvalue weighted by Crippen LogP contribution is -2.35. The maximum absolute atomic E-state index is 4.59. The molecule has 5 nitrogen and oxygen atoms in total. The first-order valence-electron chi connectivity index (χ1n) is 6.16. The maximum atomic E-state index is 4.59. The van der Waals surface area contributed by atoms with Crippen LogP contribution in [0.2, 0.25) is 0 Å². The fourth-order valence-corrected chi connectivity index (χ4v) is 2.55. The standard InChI is InChI=1S/C12H17N5/c1-8-4-3-5-17(7-8)12-10-6-13-16-11(10)14-9(2)15-12/h6,8H,3-5,7H2,1-2H3,(H,13,14,15,16). The van der Waals surface area contributed by atoms with Gasteiger partial charge in [-0.05, 0) is 25.7 Å². The lowest BCUT2D eigenvalue weighted by Gasteiger charge is -2.32. The summed E-state index contributed by atoms with van der Waals surface area (Å²) in [7, 11) is 0. The molecule has 3 rings (SSSR count). The predicted octanol–water partition coefficient (Wildman–Crippen LogP) is 1.90. The van der Waals surface area contributed by atoms with E-state index in [1.165, 1.54) is 12.8 Å². The largest absolute Gasteiger partial charge is 0.356 e. The number of nitrogens with zero attached hydrogens (tertiary/aromatic N) is 4. The van der Waals surface area contributed by atoms with Crippen LogP contribution in [0.5, 0.6) is 0 Å². The van der Waals surface area contributed by atoms with Gasteiger partial charge in [0.15, 0.2) is 5.65 Å². The van der Waals surface area contributed by atoms with Crippen LogP contribution in [0.15, 0.2) is 6.20 Å². The van der Waals surface area contributed by atoms with Gasteiger partial charge in [0.25, 0.3) is 0 Å². The summed E-state index contributed by atoms with van der Waals surface area (Å²) >= 11 is 0. The molecule has 0 amide bonds. The Hall–Kier alpha value is -1.65. The van der Waals surface area contributed by atoms with Crippen LogP contribution in [0.25, 0.3) is 11.0 Å². The van der Waals surface area contributed by atoms with Crippen molar-refractivity contribution in [1.82, 2.24) is 20.2 Å². The van der Waals surface area contributed by atoms with E-state index in [4.69, 9.17) is 0 Å². The Balaban J connectivity index is 2.06. The number of aromatic amines is 1. The van der Waals surface area contributed by atoms with Gasteiger partial charge in [-0.2, -0.15) is 5.10 Å². The van der Waals surface area contributed by atoms with Crippen molar-refractivity contribution in [1.29, 1.82) is 0 Å². The van der Waals surface area contributed by atoms with E-state index in [1.54, 1.807) is 0 Å². The molecule has 2 aromatic heterocycles. The summed E-state index contributed by atoms with van der Waals surface area (Å²) in [5.41, 5.74) is 0.839. The van der Waals surface area contributed by atoms with Crippen LogP contribution in [-0.4, -0.2) is 33.3 Å². The molecule has 0 aromatic carbocycles. The van der Waals surface area contributed by atoms with Crippen molar-refractivity contribution in [2.75, 3.05) is 18.0 Å². The molecule has 3 heterocycles. The number of aromatic nitrogens is 4. The van der Waals surface area contributed by atoms with Gasteiger partial charge in [0, 0.05) is 13.1 Å². The number of rotatable bonds is 1. The first-order chi connectivity index (χ1) is 8.24. The number of piperidine rings is 1. The molecule has 0 saturated carbocycles. The molecule has 0 spiro atoms. The first kappa shape index (κ1) is 10.5. The van der Waals surface area contributed by atoms with E-state index in [0.29, 0.717) is 0 Å². The molecule has 1 fully saturated rings. The third kappa shape index (κ3) is 1.85. The Kier molecular flexibility index (Phi) is 2.46. The van der Waals surface area contributed by atoms with Crippen molar-refractivity contribution >= 4 is 16.9 Å². The van der Waals surface area contributed by atoms with E-state index in [-0.39, 0.29) is 0 Å². The normalized spacial score (nSPS) is 21.1. The molecule has 17 heavy (non-hydrogen) atoms. The Bertz CT molecular complexity index is 533. The van der Waals surface area contributed by atoms with Crippen LogP contribution in [0.1, 0.15) is 25.6 Å². The fourth-order valence-electron chi connectivity index (χ4n) is 2.55. The second-order valence-corrected chi connectivity index (χ2v) is 4.92. The summed E-state index contributed by atoms with van der Waals surface area (Å²) in [5, 5.41) is 8.02. The van der Waals surface area contributed by atoms with Crippen molar-refractivity contribution in [3.8, 4) is 0 Å². The third-order valence-electron chi connectivity index (χ3n) is 3.36. The van der Waals surface area contributed by atoms with Gasteiger partial charge in [0.1, 0.15) is 11.6 Å². The van der Waals surface area contributed by atoms with Gasteiger partial charge < -0.3 is 4.90 Å². The van der Waals surface area contributed by atoms with Gasteiger partial charge in [-0.1, -0.05) is 6.92 Å². The highest BCUT2D eigenvalue weighted by atomic mass is 15.2. The molecular weight excluding hydrogens is 214 g/mol. The number of aryl methyl sites for hydroxylation is 1. The lowest BCUT2D eigenvalue weighted by atomic mass is 10.0. The lowest BCUT2D eigenvalue weighted by molar-refractivity contribution is 0.445. The van der Waals surface area contributed by atoms with Gasteiger partial charge in [0.2, 0.25) is 0 Å². The zero-order valence-corrected chi connectivity index (χ0v) is 10.3. The molecule has 0 radical (unpaired) electrons. The predicted molar refractivity (Wildman–Crippen MR) is 67.0 cm³/mol. The highest BCUT2D eigenvalue weighted by Crippen LogP contribution is 2.26. The van der Waals surface area contributed by atoms with E-state index >= 15 is 0 Å². The minimum Gasteiger partial charge on any atom is -0.356 e. The van der Waals surface area contributed by atoms with E-state index in [0.717, 1.165) is 41.7 Å². The highest BCUT2D eigenvalue weighted by molar-refractivity contribution is 5.86. The second-order valence-electron chi connectivity index (χ2n) is 4.92. The van der Waals surface area contributed by atoms with Crippen molar-refractivity contribution < 1.29 is 0 Å². The molecule has 1 aliphatic rings. The molecule has 90 valence electrons. The van der Waals surface area contributed by atoms with Crippen LogP contribution in [-0.2, 0) is 0 Å². The number of fused-ring (bicyclic) bond motifs is 1. The Morgan fingerprint density at radius 3 is 3.12 bits per heavy atom. The maximum Gasteiger partial charge on any atom is 0.161 e. The molecule has 0 aliphatic carbocycles. The summed E-state index contributed by atoms with van der Waals surface area (Å²) in [6.07, 6.45) is 4.38. The van der Waals surface area contributed by atoms with Gasteiger partial charge in [-0.25, -0.2) is 9.97 Å². The smallest absolute Gasteiger partial charge is 0.161 e. The van der Waals surface area contributed by atoms with Crippen LogP contribution in [0.4, 0.5) is 5.82 Å². The molecule has 2 aromatic rings. The van der Waals surface area contributed by atoms with E-state index in [1.807, 2.05) is 13.1 Å². The number of hydrogen-bond acceptors (Lipinski definition) is 4. The Labute approximate surface area is 100 Å². The summed E-state index contributed by atoms with van der Waals surface area (Å²) in [6, 6.07) is 0. The number of anilines is 1. The highest BCUT2D eigenvalue weighted by Gasteiger charge is 2.20. The minimum atomic E-state index is 0.737. The Morgan fingerprint density at radius 1 is 1.41 bits per heavy atom. The average molecular weight is 231 g/mol. The average Bonchev–Trinajstić information content (AvgIpc) is 2.75. The van der Waals surface area contributed by atoms with Gasteiger partial charge in [-0.3, -0.25) is 5.10 Å². The molecule has 1 atom stereocenters. The SMILES string of the molecule is Cc1nc(N2CCCC(C)C2)c2cn[nH]c2n1. The topological polar surface area (TPSA) is 57.7 Å². The van der Waals surface area contributed by atoms with Crippen molar-refractivity contribution in [3.63, 3.8) is 0 Å². The molecule has 1 unspecified atom stereocenters. The van der Waals surface area contributed by atoms with Crippen LogP contribution < -0.4 is 4.90 Å². The van der Waals surface area contributed by atoms with Gasteiger partial charge in [-0.15, -0.1) is 0 Å². The van der Waals surface area contributed by atoms with Crippen molar-refractivity contribution in [3.05, 3.63) is 12.0 Å². The summed E-state index contributed by atoms with van der Waals surface area (Å²) in [4.78, 5) is 11.3. The van der Waals surface area contributed by atoms with Gasteiger partial charge >= 0.3 is 0 Å². The number of hydrogen-bond donors (Lipinski definition) is 1. The third-order valence-corrected chi connectivity index (χ3v) is 3.36. The molecule has 1 aliphatic heterocycles. The van der Waals surface area contributed by atoms with Crippen LogP contribution in [0.3, 0.4) is 0 Å². The second kappa shape index (κ2) is 3.98. The molecular formula is C12H17N5. The summed E-state index contributed by atoms with van der Waals surface area (Å²) < 4.78 is 0. The first-order valence-corrected chi connectivity index (χ1v) is 6.16. The van der Waals surface area contributed by atoms with E-state index in [2.05, 4.69) is 32.0 Å². The quantitative estimate of drug-likeness (QED) is 0.814. The summed E-state index contributed by atoms with van der Waals surface area (Å²) in [6.45, 7) is 6.39. The van der Waals surface area contributed by atoms with Crippen molar-refractivity contribution in [2.45, 2.75) is 26.7 Å². The number of nitrogens with one attached hydrogen (secondary N) is 1. The zero-order chi connectivity index (χ0) is 11.8. The molecule has 5 heteroatoms. The van der Waals surface area contributed by atoms with Crippen LogP contribution in [0, 0.1) is 12.8 Å². The fraction of sp³-hybridized carbons (Fsp3) is 0.583. The van der Waals surface area contributed by atoms with Crippen molar-refractivity contribution in [2.24, 2.45) is 5.92 Å². The number of H-pyrrole nitrogens is 1. The monoisotopic (exact) mass is 231 g/mol. The minimum absolute atomic E-state index is 0.737. The zero-order valence-electron chi connectivity index (χ0n) is 10.3. The molecule has 1 N–H and O–H groups in total. The van der Waals surface area contributed by atoms with E-state index in [9.17, 15) is 0 Å². The molecule has 0 bridgehead atoms.